The zero-order valence-electron chi connectivity index (χ0n) is 48.1. The average Bonchev–Trinajstić information content (AvgIpc) is 2.89. The topological polar surface area (TPSA) is 352 Å². The van der Waals surface area contributed by atoms with Crippen LogP contribution in [0.15, 0.2) is 17.7 Å². The lowest BCUT2D eigenvalue weighted by molar-refractivity contribution is 0.163. The van der Waals surface area contributed by atoms with Gasteiger partial charge in [-0.25, -0.2) is 19.2 Å². The molecule has 450 valence electrons. The van der Waals surface area contributed by atoms with Gasteiger partial charge in [-0.3, -0.25) is 0 Å². The highest BCUT2D eigenvalue weighted by Crippen LogP contribution is 2.43. The van der Waals surface area contributed by atoms with Crippen LogP contribution in [0.3, 0.4) is 0 Å². The molecule has 13 heterocycles. The number of fused-ring (bicyclic) bond motifs is 8. The van der Waals surface area contributed by atoms with Gasteiger partial charge in [-0.05, 0) is 102 Å². The molecular formula is C54H81N21O8. The van der Waals surface area contributed by atoms with Crippen molar-refractivity contribution in [1.82, 2.24) is 90.6 Å². The number of nitrogens with zero attached hydrogens (tertiary/aromatic N) is 16. The molecule has 8 amide bonds. The van der Waals surface area contributed by atoms with Gasteiger partial charge in [0, 0.05) is 110 Å². The molecule has 0 spiro atoms. The summed E-state index contributed by atoms with van der Waals surface area (Å²) in [6, 6.07) is 2.75. The first-order chi connectivity index (χ1) is 40.1. The van der Waals surface area contributed by atoms with Crippen LogP contribution in [0.5, 0.6) is 0 Å². The molecule has 29 nitrogen and oxygen atoms in total. The van der Waals surface area contributed by atoms with E-state index in [0.29, 0.717) is 102 Å². The van der Waals surface area contributed by atoms with Gasteiger partial charge in [0.1, 0.15) is 24.2 Å². The summed E-state index contributed by atoms with van der Waals surface area (Å²) in [5.74, 6) is 6.16. The van der Waals surface area contributed by atoms with E-state index >= 15 is 0 Å². The number of aromatic nitrogens is 8. The molecule has 0 unspecified atom stereocenters. The third-order valence-electron chi connectivity index (χ3n) is 20.0. The minimum absolute atomic E-state index is 0.0522. The maximum absolute atomic E-state index is 12.2. The SMILES string of the molecule is CN1C(=O)N2C[C@H]1CC[C@H]2c1nnc(C2CC(N)C2)o1.CN1C(=O)N2C[C@H]1CC[C@H]2c1nnc(CC2CC(N)C2)o1.CN1C(=O)N2C[C@H]1CC[C@H]2c1nnc(CNC2CNC2)o1.CN1C(=O)N2C[C@H]1CC[C@H]2c1nnc([C@H]2CC[C@@H](N)C2)o1. The second-order valence-electron chi connectivity index (χ2n) is 25.4. The maximum Gasteiger partial charge on any atom is 0.320 e. The summed E-state index contributed by atoms with van der Waals surface area (Å²) in [7, 11) is 7.47. The first kappa shape index (κ1) is 55.6. The first-order valence-corrected chi connectivity index (χ1v) is 30.3. The summed E-state index contributed by atoms with van der Waals surface area (Å²) in [6.45, 7) is 5.64. The smallest absolute Gasteiger partial charge is 0.320 e. The predicted molar refractivity (Wildman–Crippen MR) is 292 cm³/mol. The number of urea groups is 4. The zero-order chi connectivity index (χ0) is 57.4. The van der Waals surface area contributed by atoms with E-state index in [1.165, 1.54) is 0 Å². The molecule has 12 aliphatic rings. The van der Waals surface area contributed by atoms with Crippen LogP contribution in [0.2, 0.25) is 0 Å². The van der Waals surface area contributed by atoms with Crippen molar-refractivity contribution in [3.05, 3.63) is 47.1 Å². The van der Waals surface area contributed by atoms with E-state index in [0.717, 1.165) is 142 Å². The van der Waals surface area contributed by atoms with Gasteiger partial charge >= 0.3 is 24.1 Å². The normalized spacial score (nSPS) is 34.1. The maximum atomic E-state index is 12.2. The van der Waals surface area contributed by atoms with Gasteiger partial charge in [0.25, 0.3) is 0 Å². The van der Waals surface area contributed by atoms with Crippen LogP contribution in [-0.4, -0.2) is 220 Å². The van der Waals surface area contributed by atoms with Crippen LogP contribution < -0.4 is 27.8 Å². The number of carbonyl (C=O) groups is 4. The molecule has 29 heteroatoms. The molecule has 8 bridgehead atoms. The number of amides is 8. The number of nitrogens with two attached hydrogens (primary N) is 3. The predicted octanol–water partition coefficient (Wildman–Crippen LogP) is 2.70. The summed E-state index contributed by atoms with van der Waals surface area (Å²) < 4.78 is 23.3. The Morgan fingerprint density at radius 3 is 1.20 bits per heavy atom. The Labute approximate surface area is 481 Å². The van der Waals surface area contributed by atoms with Crippen LogP contribution in [0.1, 0.15) is 179 Å². The van der Waals surface area contributed by atoms with Crippen LogP contribution in [-0.2, 0) is 13.0 Å². The number of hydrogen-bond acceptors (Lipinski definition) is 21. The van der Waals surface area contributed by atoms with Crippen LogP contribution >= 0.6 is 0 Å². The van der Waals surface area contributed by atoms with Gasteiger partial charge in [0.2, 0.25) is 47.1 Å². The minimum atomic E-state index is -0.0645. The molecule has 4 aromatic rings. The van der Waals surface area contributed by atoms with Gasteiger partial charge in [-0.2, -0.15) is 0 Å². The summed E-state index contributed by atoms with van der Waals surface area (Å²) in [5.41, 5.74) is 17.5. The summed E-state index contributed by atoms with van der Waals surface area (Å²) in [6.07, 6.45) is 15.2. The Hall–Kier alpha value is -6.56. The van der Waals surface area contributed by atoms with Crippen molar-refractivity contribution < 1.29 is 36.8 Å². The van der Waals surface area contributed by atoms with E-state index < -0.39 is 0 Å². The third-order valence-corrected chi connectivity index (χ3v) is 20.0. The van der Waals surface area contributed by atoms with Crippen molar-refractivity contribution in [2.75, 3.05) is 67.5 Å². The number of likely N-dealkylation sites (N-methyl/N-ethyl adjacent to an activating group) is 4. The van der Waals surface area contributed by atoms with Gasteiger partial charge in [0.15, 0.2) is 0 Å². The Kier molecular flexibility index (Phi) is 15.3. The molecule has 9 saturated heterocycles. The third kappa shape index (κ3) is 10.9. The van der Waals surface area contributed by atoms with E-state index in [1.54, 1.807) is 0 Å². The Morgan fingerprint density at radius 2 is 0.807 bits per heavy atom. The average molecular weight is 1150 g/mol. The molecule has 3 saturated carbocycles. The quantitative estimate of drug-likeness (QED) is 0.144. The van der Waals surface area contributed by atoms with Crippen molar-refractivity contribution in [3.63, 3.8) is 0 Å². The van der Waals surface area contributed by atoms with Crippen molar-refractivity contribution in [2.45, 2.75) is 194 Å². The number of carbonyl (C=O) groups excluding carboxylic acids is 4. The van der Waals surface area contributed by atoms with E-state index in [4.69, 9.17) is 34.9 Å². The van der Waals surface area contributed by atoms with Crippen LogP contribution in [0.4, 0.5) is 19.2 Å². The molecule has 8 N–H and O–H groups in total. The Morgan fingerprint density at radius 1 is 0.434 bits per heavy atom. The first-order valence-electron chi connectivity index (χ1n) is 30.3. The Balaban J connectivity index is 0.000000104. The molecule has 9 aliphatic heterocycles. The van der Waals surface area contributed by atoms with Gasteiger partial charge in [-0.15, -0.1) is 40.8 Å². The van der Waals surface area contributed by atoms with Gasteiger partial charge in [0.05, 0.1) is 30.7 Å². The fraction of sp³-hybridized carbons (Fsp3) is 0.778. The molecule has 0 radical (unpaired) electrons. The lowest BCUT2D eigenvalue weighted by Gasteiger charge is -2.31. The summed E-state index contributed by atoms with van der Waals surface area (Å²) >= 11 is 0. The second kappa shape index (κ2) is 22.8. The molecular weight excluding hydrogens is 1070 g/mol. The number of rotatable bonds is 11. The van der Waals surface area contributed by atoms with Crippen molar-refractivity contribution in [3.8, 4) is 0 Å². The van der Waals surface area contributed by atoms with Crippen LogP contribution in [0.25, 0.3) is 0 Å². The number of nitrogens with one attached hydrogen (secondary N) is 2. The van der Waals surface area contributed by atoms with Crippen molar-refractivity contribution >= 4 is 24.1 Å². The molecule has 10 atom stereocenters. The highest BCUT2D eigenvalue weighted by atomic mass is 16.4. The van der Waals surface area contributed by atoms with E-state index in [1.807, 2.05) is 67.4 Å². The fourth-order valence-corrected chi connectivity index (χ4v) is 14.4. The molecule has 0 aromatic carbocycles. The molecule has 3 aliphatic carbocycles. The zero-order valence-corrected chi connectivity index (χ0v) is 48.1. The number of hydrogen-bond donors (Lipinski definition) is 5. The van der Waals surface area contributed by atoms with E-state index in [2.05, 4.69) is 51.4 Å². The minimum Gasteiger partial charge on any atom is -0.423 e. The molecule has 12 fully saturated rings. The monoisotopic (exact) mass is 1150 g/mol. The standard InChI is InChI=1S/2C14H21N5O2.C13H20N6O2.C13H19N5O2/c1-18-10-2-3-11(19(7-10)14(18)20)13-17-16-12(21-13)6-8-4-9(15)5-8;1-18-10-4-5-11(19(7-10)14(18)20)13-17-16-12(21-13)8-2-3-9(15)6-8;1-18-9-2-3-10(19(7-9)13(18)20)12-17-16-11(21-12)6-15-8-4-14-5-8;1-17-9-2-3-10(18(6-9)13(17)19)12-16-15-11(20-12)7-4-8(14)5-7/h2*8-11H,2-7,15H2,1H3;8-10,14-15H,2-7H2,1H3;7-10H,2-6,14H2,1H3/t8?,9?,10-,11+;8-,9+,10+,11-;9-,10+;7?,8?,9-,10+/m1011/s1. The molecule has 4 aromatic heterocycles. The van der Waals surface area contributed by atoms with E-state index in [-0.39, 0.29) is 66.3 Å². The van der Waals surface area contributed by atoms with Crippen LogP contribution in [0, 0.1) is 5.92 Å². The molecule has 16 rings (SSSR count). The van der Waals surface area contributed by atoms with Crippen molar-refractivity contribution in [2.24, 2.45) is 23.1 Å². The number of piperidine rings is 4. The lowest BCUT2D eigenvalue weighted by atomic mass is 9.79. The van der Waals surface area contributed by atoms with Gasteiger partial charge in [-0.1, -0.05) is 0 Å². The van der Waals surface area contributed by atoms with Crippen molar-refractivity contribution in [1.29, 1.82) is 0 Å². The summed E-state index contributed by atoms with van der Waals surface area (Å²) in [5, 5.41) is 39.9. The highest BCUT2D eigenvalue weighted by molar-refractivity contribution is 5.79. The Bertz CT molecular complexity index is 2970. The summed E-state index contributed by atoms with van der Waals surface area (Å²) in [4.78, 5) is 63.5. The lowest BCUT2D eigenvalue weighted by Crippen LogP contribution is -2.55. The largest absolute Gasteiger partial charge is 0.423 e. The second-order valence-corrected chi connectivity index (χ2v) is 25.4. The fourth-order valence-electron chi connectivity index (χ4n) is 14.4. The van der Waals surface area contributed by atoms with Gasteiger partial charge < -0.3 is 84.7 Å². The molecule has 83 heavy (non-hydrogen) atoms. The highest BCUT2D eigenvalue weighted by Gasteiger charge is 2.49. The van der Waals surface area contributed by atoms with E-state index in [9.17, 15) is 19.2 Å².